The Morgan fingerprint density at radius 1 is 0.960 bits per heavy atom. The minimum Gasteiger partial charge on any atom is -0.465 e. The van der Waals surface area contributed by atoms with E-state index in [0.29, 0.717) is 15.2 Å². The molecule has 1 saturated heterocycles. The standard InChI is InChI=1S/C24H26BrN.C14H15BrClN3O5/c1-23(2,3)16-13-14-24(26-4,21(25)15-16)22-19-11-7-5-9-17(19)18-10-6-8-12-20(18)22;15-10-5-8(16)1-2-11(10)17-12(20)6-9-7-18(13(21)22)3-4-19(9)14(23)24/h5-15,21-22,26H,1-4H3;1-2,5,9H,3-4,6-7H2,(H,17,20)(H,21,22)(H,23,24). The zero-order valence-electron chi connectivity index (χ0n) is 28.3. The normalized spacial score (nSPS) is 21.4. The van der Waals surface area contributed by atoms with Gasteiger partial charge in [-0.15, -0.1) is 0 Å². The SMILES string of the molecule is CNC1(C2c3ccccc3-c3ccccc32)C=CC(C(C)(C)C)=CC1Br.O=C(CC1CN(C(=O)O)CCN1C(=O)O)Nc1ccc(Cl)cc1Br. The third-order valence-corrected chi connectivity index (χ3v) is 11.5. The summed E-state index contributed by atoms with van der Waals surface area (Å²) in [5.41, 5.74) is 7.37. The van der Waals surface area contributed by atoms with Crippen molar-refractivity contribution in [2.45, 2.75) is 49.5 Å². The van der Waals surface area contributed by atoms with Gasteiger partial charge in [-0.2, -0.15) is 0 Å². The van der Waals surface area contributed by atoms with Gasteiger partial charge in [-0.3, -0.25) is 4.79 Å². The first kappa shape index (κ1) is 37.6. The summed E-state index contributed by atoms with van der Waals surface area (Å²) in [7, 11) is 2.08. The van der Waals surface area contributed by atoms with Crippen LogP contribution in [-0.2, 0) is 4.79 Å². The van der Waals surface area contributed by atoms with E-state index in [4.69, 9.17) is 16.7 Å². The fourth-order valence-electron chi connectivity index (χ4n) is 6.92. The van der Waals surface area contributed by atoms with Crippen molar-refractivity contribution >= 4 is 67.2 Å². The van der Waals surface area contributed by atoms with Gasteiger partial charge in [0.1, 0.15) is 0 Å². The molecule has 12 heteroatoms. The molecule has 0 saturated carbocycles. The topological polar surface area (TPSA) is 122 Å². The summed E-state index contributed by atoms with van der Waals surface area (Å²) in [5, 5.41) is 25.1. The molecule has 3 amide bonds. The van der Waals surface area contributed by atoms with Crippen molar-refractivity contribution in [3.63, 3.8) is 0 Å². The average molecular weight is 829 g/mol. The van der Waals surface area contributed by atoms with E-state index in [1.807, 2.05) is 0 Å². The van der Waals surface area contributed by atoms with Gasteiger partial charge in [0, 0.05) is 41.5 Å². The van der Waals surface area contributed by atoms with Crippen LogP contribution < -0.4 is 10.6 Å². The molecule has 3 unspecified atom stereocenters. The number of carbonyl (C=O) groups excluding carboxylic acids is 1. The molecule has 0 aromatic heterocycles. The molecule has 0 bridgehead atoms. The predicted octanol–water partition coefficient (Wildman–Crippen LogP) is 8.84. The number of benzene rings is 3. The molecular formula is C38H41Br2ClN4O5. The first-order valence-corrected chi connectivity index (χ1v) is 18.4. The van der Waals surface area contributed by atoms with E-state index in [0.717, 1.165) is 9.80 Å². The van der Waals surface area contributed by atoms with Gasteiger partial charge in [-0.05, 0) is 74.4 Å². The highest BCUT2D eigenvalue weighted by Crippen LogP contribution is 2.53. The minimum absolute atomic E-state index is 0.0320. The van der Waals surface area contributed by atoms with Gasteiger partial charge in [0.25, 0.3) is 0 Å². The third-order valence-electron chi connectivity index (χ3n) is 9.56. The molecule has 6 rings (SSSR count). The Bertz CT molecular complexity index is 1800. The van der Waals surface area contributed by atoms with Gasteiger partial charge in [-0.25, -0.2) is 9.59 Å². The highest BCUT2D eigenvalue weighted by atomic mass is 79.9. The van der Waals surface area contributed by atoms with Crippen LogP contribution in [0.3, 0.4) is 0 Å². The van der Waals surface area contributed by atoms with E-state index in [2.05, 4.69) is 137 Å². The first-order valence-electron chi connectivity index (χ1n) is 16.3. The van der Waals surface area contributed by atoms with Gasteiger partial charge >= 0.3 is 12.2 Å². The molecule has 2 aliphatic carbocycles. The molecule has 0 radical (unpaired) electrons. The number of fused-ring (bicyclic) bond motifs is 3. The number of nitrogens with one attached hydrogen (secondary N) is 2. The summed E-state index contributed by atoms with van der Waals surface area (Å²) in [4.78, 5) is 37.0. The van der Waals surface area contributed by atoms with Crippen LogP contribution in [0.25, 0.3) is 11.1 Å². The van der Waals surface area contributed by atoms with E-state index < -0.39 is 24.1 Å². The van der Waals surface area contributed by atoms with E-state index in [1.165, 1.54) is 27.8 Å². The molecule has 3 atom stereocenters. The summed E-state index contributed by atoms with van der Waals surface area (Å²) in [5.74, 6) is -0.139. The Kier molecular flexibility index (Phi) is 11.5. The fraction of sp³-hybridized carbons (Fsp3) is 0.342. The highest BCUT2D eigenvalue weighted by Gasteiger charge is 2.48. The molecule has 1 heterocycles. The maximum Gasteiger partial charge on any atom is 0.407 e. The molecule has 9 nitrogen and oxygen atoms in total. The van der Waals surface area contributed by atoms with Crippen LogP contribution in [0.15, 0.2) is 95.0 Å². The summed E-state index contributed by atoms with van der Waals surface area (Å²) < 4.78 is 0.592. The molecule has 50 heavy (non-hydrogen) atoms. The van der Waals surface area contributed by atoms with Crippen LogP contribution >= 0.6 is 43.5 Å². The Balaban J connectivity index is 0.000000195. The molecule has 4 N–H and O–H groups in total. The number of amides is 3. The van der Waals surface area contributed by atoms with E-state index >= 15 is 0 Å². The summed E-state index contributed by atoms with van der Waals surface area (Å²) in [6, 6.07) is 21.8. The lowest BCUT2D eigenvalue weighted by atomic mass is 9.70. The number of anilines is 1. The van der Waals surface area contributed by atoms with E-state index in [1.54, 1.807) is 18.2 Å². The van der Waals surface area contributed by atoms with Crippen molar-refractivity contribution in [1.29, 1.82) is 0 Å². The first-order chi connectivity index (χ1) is 23.7. The number of hydrogen-bond donors (Lipinski definition) is 4. The van der Waals surface area contributed by atoms with Crippen LogP contribution in [0.4, 0.5) is 15.3 Å². The van der Waals surface area contributed by atoms with Gasteiger partial charge < -0.3 is 30.6 Å². The third kappa shape index (κ3) is 7.81. The zero-order chi connectivity index (χ0) is 36.4. The average Bonchev–Trinajstić information content (AvgIpc) is 3.41. The summed E-state index contributed by atoms with van der Waals surface area (Å²) >= 11 is 13.1. The molecule has 264 valence electrons. The Morgan fingerprint density at radius 3 is 2.10 bits per heavy atom. The van der Waals surface area contributed by atoms with Crippen LogP contribution in [0.2, 0.25) is 5.02 Å². The number of alkyl halides is 1. The van der Waals surface area contributed by atoms with Crippen molar-refractivity contribution in [3.8, 4) is 11.1 Å². The molecule has 3 aromatic carbocycles. The number of hydrogen-bond acceptors (Lipinski definition) is 4. The lowest BCUT2D eigenvalue weighted by Crippen LogP contribution is -2.56. The van der Waals surface area contributed by atoms with Crippen molar-refractivity contribution in [2.24, 2.45) is 5.41 Å². The quantitative estimate of drug-likeness (QED) is 0.191. The highest BCUT2D eigenvalue weighted by molar-refractivity contribution is 9.10. The molecule has 0 spiro atoms. The Labute approximate surface area is 314 Å². The largest absolute Gasteiger partial charge is 0.465 e. The second-order valence-corrected chi connectivity index (χ2v) is 15.9. The number of halogens is 3. The van der Waals surface area contributed by atoms with Crippen molar-refractivity contribution in [2.75, 3.05) is 32.0 Å². The lowest BCUT2D eigenvalue weighted by Gasteiger charge is -2.43. The summed E-state index contributed by atoms with van der Waals surface area (Å²) in [6.45, 7) is 6.89. The molecule has 1 fully saturated rings. The fourth-order valence-corrected chi connectivity index (χ4v) is 8.64. The van der Waals surface area contributed by atoms with Crippen LogP contribution in [0.5, 0.6) is 0 Å². The Morgan fingerprint density at radius 2 is 1.58 bits per heavy atom. The zero-order valence-corrected chi connectivity index (χ0v) is 32.2. The van der Waals surface area contributed by atoms with Crippen molar-refractivity contribution in [3.05, 3.63) is 111 Å². The number of piperazine rings is 1. The lowest BCUT2D eigenvalue weighted by molar-refractivity contribution is -0.117. The van der Waals surface area contributed by atoms with Gasteiger partial charge in [-0.1, -0.05) is 115 Å². The van der Waals surface area contributed by atoms with Gasteiger partial charge in [0.05, 0.1) is 22.1 Å². The Hall–Kier alpha value is -3.64. The monoisotopic (exact) mass is 826 g/mol. The van der Waals surface area contributed by atoms with Crippen LogP contribution in [-0.4, -0.2) is 81.2 Å². The second kappa shape index (κ2) is 15.3. The molecule has 3 aliphatic rings. The van der Waals surface area contributed by atoms with Gasteiger partial charge in [0.15, 0.2) is 0 Å². The second-order valence-electron chi connectivity index (χ2n) is 13.6. The van der Waals surface area contributed by atoms with Crippen LogP contribution in [0, 0.1) is 5.41 Å². The van der Waals surface area contributed by atoms with Gasteiger partial charge in [0.2, 0.25) is 5.91 Å². The van der Waals surface area contributed by atoms with E-state index in [-0.39, 0.29) is 47.8 Å². The molecule has 1 aliphatic heterocycles. The predicted molar refractivity (Wildman–Crippen MR) is 205 cm³/mol. The maximum atomic E-state index is 12.2. The van der Waals surface area contributed by atoms with Crippen molar-refractivity contribution < 1.29 is 24.6 Å². The number of likely N-dealkylation sites (N-methyl/N-ethyl adjacent to an activating group) is 1. The number of nitrogens with zero attached hydrogens (tertiary/aromatic N) is 2. The van der Waals surface area contributed by atoms with E-state index in [9.17, 15) is 19.5 Å². The number of carbonyl (C=O) groups is 3. The van der Waals surface area contributed by atoms with Crippen molar-refractivity contribution in [1.82, 2.24) is 15.1 Å². The van der Waals surface area contributed by atoms with Crippen LogP contribution in [0.1, 0.15) is 44.2 Å². The molecule has 3 aromatic rings. The summed E-state index contributed by atoms with van der Waals surface area (Å²) in [6.07, 6.45) is 4.64. The number of allylic oxidation sites excluding steroid dienone is 2. The number of rotatable bonds is 5. The smallest absolute Gasteiger partial charge is 0.407 e. The number of carboxylic acid groups (broad SMARTS) is 2. The molecular weight excluding hydrogens is 788 g/mol. The maximum absolute atomic E-state index is 12.2. The minimum atomic E-state index is -1.18.